The van der Waals surface area contributed by atoms with Crippen molar-refractivity contribution in [2.75, 3.05) is 26.4 Å². The smallest absolute Gasteiger partial charge is 0.337 e. The summed E-state index contributed by atoms with van der Waals surface area (Å²) in [6, 6.07) is 0. The molecule has 6 atom stereocenters. The van der Waals surface area contributed by atoms with Gasteiger partial charge in [-0.05, 0) is 36.5 Å². The number of hydrogen-bond donors (Lipinski definition) is 4. The zero-order valence-electron chi connectivity index (χ0n) is 21.8. The Kier molecular flexibility index (Phi) is 19.3. The Labute approximate surface area is 206 Å². The monoisotopic (exact) mass is 490 g/mol. The highest BCUT2D eigenvalue weighted by atomic mass is 16.6. The van der Waals surface area contributed by atoms with E-state index in [4.69, 9.17) is 24.8 Å². The van der Waals surface area contributed by atoms with E-state index < -0.39 is 37.4 Å². The van der Waals surface area contributed by atoms with Crippen molar-refractivity contribution in [3.63, 3.8) is 0 Å². The molecule has 0 aromatic heterocycles. The van der Waals surface area contributed by atoms with Crippen molar-refractivity contribution in [2.45, 2.75) is 104 Å². The molecule has 8 heteroatoms. The molecule has 0 aromatic rings. The Morgan fingerprint density at radius 2 is 0.941 bits per heavy atom. The van der Waals surface area contributed by atoms with Gasteiger partial charge in [0.2, 0.25) is 0 Å². The van der Waals surface area contributed by atoms with E-state index in [1.807, 2.05) is 6.92 Å². The van der Waals surface area contributed by atoms with Gasteiger partial charge in [-0.1, -0.05) is 79.1 Å². The average molecular weight is 491 g/mol. The van der Waals surface area contributed by atoms with Crippen molar-refractivity contribution < 1.29 is 39.5 Å². The highest BCUT2D eigenvalue weighted by Crippen LogP contribution is 2.23. The third-order valence-corrected chi connectivity index (χ3v) is 6.44. The fourth-order valence-corrected chi connectivity index (χ4v) is 3.89. The number of aliphatic hydroxyl groups excluding tert-OH is 4. The summed E-state index contributed by atoms with van der Waals surface area (Å²) in [5.41, 5.74) is 0. The van der Waals surface area contributed by atoms with Crippen LogP contribution in [0.25, 0.3) is 0 Å². The molecule has 202 valence electrons. The number of esters is 2. The van der Waals surface area contributed by atoms with Crippen molar-refractivity contribution in [2.24, 2.45) is 23.7 Å². The summed E-state index contributed by atoms with van der Waals surface area (Å²) in [4.78, 5) is 22.7. The Bertz CT molecular complexity index is 527. The summed E-state index contributed by atoms with van der Waals surface area (Å²) >= 11 is 0. The van der Waals surface area contributed by atoms with Gasteiger partial charge in [-0.15, -0.1) is 0 Å². The Morgan fingerprint density at radius 3 is 1.35 bits per heavy atom. The van der Waals surface area contributed by atoms with Crippen LogP contribution >= 0.6 is 0 Å². The molecule has 34 heavy (non-hydrogen) atoms. The maximum Gasteiger partial charge on any atom is 0.337 e. The largest absolute Gasteiger partial charge is 0.464 e. The molecule has 0 fully saturated rings. The van der Waals surface area contributed by atoms with Crippen molar-refractivity contribution in [3.8, 4) is 0 Å². The van der Waals surface area contributed by atoms with Crippen LogP contribution < -0.4 is 0 Å². The van der Waals surface area contributed by atoms with Crippen LogP contribution in [0.3, 0.4) is 0 Å². The first-order valence-corrected chi connectivity index (χ1v) is 13.0. The predicted octanol–water partition coefficient (Wildman–Crippen LogP) is 3.22. The maximum atomic E-state index is 11.4. The van der Waals surface area contributed by atoms with Gasteiger partial charge >= 0.3 is 11.9 Å². The van der Waals surface area contributed by atoms with Crippen LogP contribution in [0.15, 0.2) is 0 Å². The maximum absolute atomic E-state index is 11.4. The lowest BCUT2D eigenvalue weighted by molar-refractivity contribution is -0.157. The van der Waals surface area contributed by atoms with E-state index in [0.717, 1.165) is 38.5 Å². The van der Waals surface area contributed by atoms with Crippen LogP contribution in [-0.2, 0) is 19.1 Å². The molecule has 0 bridgehead atoms. The fraction of sp³-hybridized carbons (Fsp3) is 0.923. The molecule has 0 saturated carbocycles. The molecule has 0 aliphatic rings. The van der Waals surface area contributed by atoms with Crippen molar-refractivity contribution in [1.82, 2.24) is 0 Å². The van der Waals surface area contributed by atoms with Crippen molar-refractivity contribution in [1.29, 1.82) is 0 Å². The molecule has 0 amide bonds. The van der Waals surface area contributed by atoms with E-state index in [9.17, 15) is 14.7 Å². The van der Waals surface area contributed by atoms with Gasteiger partial charge < -0.3 is 29.9 Å². The van der Waals surface area contributed by atoms with Gasteiger partial charge in [0.25, 0.3) is 0 Å². The number of ether oxygens (including phenoxy) is 2. The summed E-state index contributed by atoms with van der Waals surface area (Å²) in [7, 11) is 0. The summed E-state index contributed by atoms with van der Waals surface area (Å²) in [5, 5.41) is 35.8. The lowest BCUT2D eigenvalue weighted by Gasteiger charge is -2.17. The Hall–Kier alpha value is -1.22. The Balaban J connectivity index is 3.73. The summed E-state index contributed by atoms with van der Waals surface area (Å²) in [5.74, 6) is 0.547. The molecule has 0 aliphatic carbocycles. The standard InChI is InChI=1S/C26H50O8/c1-19(10-6-12-21(3)14-15-33-25(31)23(29)16-27)8-5-9-20(2)11-7-13-22(4)18-34-26(32)24(30)17-28/h19-24,27-30H,5-18H2,1-4H3. The highest BCUT2D eigenvalue weighted by Gasteiger charge is 2.17. The minimum atomic E-state index is -1.44. The zero-order chi connectivity index (χ0) is 25.9. The lowest BCUT2D eigenvalue weighted by atomic mass is 9.91. The second kappa shape index (κ2) is 20.0. The third-order valence-electron chi connectivity index (χ3n) is 6.44. The lowest BCUT2D eigenvalue weighted by Crippen LogP contribution is -2.28. The minimum absolute atomic E-state index is 0.239. The van der Waals surface area contributed by atoms with Crippen molar-refractivity contribution >= 4 is 11.9 Å². The molecule has 0 rings (SSSR count). The van der Waals surface area contributed by atoms with E-state index in [-0.39, 0.29) is 19.1 Å². The van der Waals surface area contributed by atoms with Gasteiger partial charge in [-0.2, -0.15) is 0 Å². The van der Waals surface area contributed by atoms with Gasteiger partial charge in [0.05, 0.1) is 26.4 Å². The second-order valence-corrected chi connectivity index (χ2v) is 10.2. The molecule has 4 N–H and O–H groups in total. The van der Waals surface area contributed by atoms with E-state index in [2.05, 4.69) is 20.8 Å². The molecule has 0 heterocycles. The quantitative estimate of drug-likeness (QED) is 0.180. The van der Waals surface area contributed by atoms with E-state index in [0.29, 0.717) is 17.8 Å². The first-order valence-electron chi connectivity index (χ1n) is 13.0. The molecule has 0 spiro atoms. The minimum Gasteiger partial charge on any atom is -0.464 e. The van der Waals surface area contributed by atoms with E-state index in [1.54, 1.807) is 0 Å². The number of carbonyl (C=O) groups excluding carboxylic acids is 2. The zero-order valence-corrected chi connectivity index (χ0v) is 21.8. The van der Waals surface area contributed by atoms with Gasteiger partial charge in [-0.3, -0.25) is 0 Å². The fourth-order valence-electron chi connectivity index (χ4n) is 3.89. The third kappa shape index (κ3) is 17.2. The molecule has 0 saturated heterocycles. The predicted molar refractivity (Wildman–Crippen MR) is 131 cm³/mol. The van der Waals surface area contributed by atoms with Gasteiger partial charge in [-0.25, -0.2) is 9.59 Å². The molecular formula is C26H50O8. The van der Waals surface area contributed by atoms with Crippen molar-refractivity contribution in [3.05, 3.63) is 0 Å². The Morgan fingerprint density at radius 1 is 0.588 bits per heavy atom. The number of rotatable bonds is 21. The summed E-state index contributed by atoms with van der Waals surface area (Å²) in [6.07, 6.45) is 8.23. The number of carbonyl (C=O) groups is 2. The van der Waals surface area contributed by atoms with Crippen LogP contribution in [-0.4, -0.2) is 71.0 Å². The molecule has 0 aliphatic heterocycles. The summed E-state index contributed by atoms with van der Waals surface area (Å²) in [6.45, 7) is 8.11. The second-order valence-electron chi connectivity index (χ2n) is 10.2. The highest BCUT2D eigenvalue weighted by molar-refractivity contribution is 5.74. The van der Waals surface area contributed by atoms with Gasteiger partial charge in [0.15, 0.2) is 12.2 Å². The molecule has 0 radical (unpaired) electrons. The first-order chi connectivity index (χ1) is 16.1. The molecule has 8 nitrogen and oxygen atoms in total. The normalized spacial score (nSPS) is 16.8. The van der Waals surface area contributed by atoms with Crippen LogP contribution in [0.2, 0.25) is 0 Å². The van der Waals surface area contributed by atoms with Crippen LogP contribution in [0.5, 0.6) is 0 Å². The molecule has 0 aromatic carbocycles. The molecular weight excluding hydrogens is 440 g/mol. The SMILES string of the molecule is CC(CCCC(C)CCCC(C)COC(=O)C(O)CO)CCCC(C)CCOC(=O)C(O)CO. The number of aliphatic hydroxyl groups is 4. The first kappa shape index (κ1) is 32.8. The van der Waals surface area contributed by atoms with E-state index >= 15 is 0 Å². The number of hydrogen-bond acceptors (Lipinski definition) is 8. The van der Waals surface area contributed by atoms with Gasteiger partial charge in [0, 0.05) is 0 Å². The average Bonchev–Trinajstić information content (AvgIpc) is 2.81. The summed E-state index contributed by atoms with van der Waals surface area (Å²) < 4.78 is 9.96. The van der Waals surface area contributed by atoms with Gasteiger partial charge in [0.1, 0.15) is 0 Å². The van der Waals surface area contributed by atoms with Crippen LogP contribution in [0, 0.1) is 23.7 Å². The topological polar surface area (TPSA) is 134 Å². The van der Waals surface area contributed by atoms with Crippen LogP contribution in [0.4, 0.5) is 0 Å². The van der Waals surface area contributed by atoms with Crippen LogP contribution in [0.1, 0.15) is 91.9 Å². The molecule has 6 unspecified atom stereocenters. The van der Waals surface area contributed by atoms with E-state index in [1.165, 1.54) is 25.7 Å².